The molecule has 0 unspecified atom stereocenters. The largest absolute Gasteiger partial charge is 0.500 e. The van der Waals surface area contributed by atoms with E-state index in [9.17, 15) is 0 Å². The molecule has 6 heterocycles. The minimum absolute atomic E-state index is 0. The number of hydrogen-bond acceptors (Lipinski definition) is 4. The van der Waals surface area contributed by atoms with E-state index in [-0.39, 0.29) is 20.1 Å². The van der Waals surface area contributed by atoms with E-state index in [1.807, 2.05) is 115 Å². The smallest absolute Gasteiger partial charge is 0.241 e. The molecule has 6 aromatic heterocycles. The van der Waals surface area contributed by atoms with Gasteiger partial charge in [-0.15, -0.1) is 48.0 Å². The molecule has 9 nitrogen and oxygen atoms in total. The summed E-state index contributed by atoms with van der Waals surface area (Å²) >= 11 is 0. The SMILES string of the molecule is C[n+]1[c-]n(-c2[c-]cccc2)cc1Cc1ccc2c(c1)n1c3c(-c4cc[c-]c(-c5ccccn5)c4)cccc3nc1n2-c1ccccc1.[Ir].[c-]1ccc2c(oc3c4ccccc4ccc23)c1-c1nc2ccccc2n1-c1ccccc1. The first-order valence-corrected chi connectivity index (χ1v) is 26.3. The van der Waals surface area contributed by atoms with Gasteiger partial charge in [0.1, 0.15) is 5.58 Å². The molecule has 0 amide bonds. The van der Waals surface area contributed by atoms with E-state index in [0.29, 0.717) is 0 Å². The molecular formula is C70H45IrN8O-3. The van der Waals surface area contributed by atoms with Crippen molar-refractivity contribution in [1.82, 2.24) is 33.1 Å². The van der Waals surface area contributed by atoms with Crippen molar-refractivity contribution in [1.29, 1.82) is 0 Å². The van der Waals surface area contributed by atoms with Crippen LogP contribution in [0.2, 0.25) is 0 Å². The minimum atomic E-state index is 0. The van der Waals surface area contributed by atoms with E-state index in [2.05, 4.69) is 187 Å². The van der Waals surface area contributed by atoms with E-state index >= 15 is 0 Å². The van der Waals surface area contributed by atoms with Crippen LogP contribution in [0.15, 0.2) is 247 Å². The van der Waals surface area contributed by atoms with Crippen molar-refractivity contribution in [3.05, 3.63) is 279 Å². The molecule has 0 saturated heterocycles. The van der Waals surface area contributed by atoms with Gasteiger partial charge in [-0.3, -0.25) is 14.0 Å². The Morgan fingerprint density at radius 1 is 0.550 bits per heavy atom. The van der Waals surface area contributed by atoms with Gasteiger partial charge in [0.05, 0.1) is 51.6 Å². The van der Waals surface area contributed by atoms with Crippen LogP contribution < -0.4 is 4.57 Å². The topological polar surface area (TPSA) is 74.9 Å². The Morgan fingerprint density at radius 3 is 2.15 bits per heavy atom. The molecule has 0 aliphatic heterocycles. The number of rotatable bonds is 8. The molecule has 80 heavy (non-hydrogen) atoms. The van der Waals surface area contributed by atoms with Gasteiger partial charge in [0.25, 0.3) is 0 Å². The second kappa shape index (κ2) is 20.1. The number of nitrogens with zero attached hydrogens (tertiary/aromatic N) is 8. The van der Waals surface area contributed by atoms with E-state index in [1.165, 1.54) is 10.9 Å². The second-order valence-corrected chi connectivity index (χ2v) is 19.7. The Morgan fingerprint density at radius 2 is 1.31 bits per heavy atom. The van der Waals surface area contributed by atoms with Crippen LogP contribution in [-0.2, 0) is 33.6 Å². The first-order chi connectivity index (χ1) is 39.1. The van der Waals surface area contributed by atoms with Crippen molar-refractivity contribution in [2.45, 2.75) is 6.42 Å². The summed E-state index contributed by atoms with van der Waals surface area (Å²) in [6, 6.07) is 89.1. The third-order valence-electron chi connectivity index (χ3n) is 14.9. The van der Waals surface area contributed by atoms with Crippen molar-refractivity contribution in [3.63, 3.8) is 0 Å². The Kier molecular flexibility index (Phi) is 12.2. The van der Waals surface area contributed by atoms with Crippen LogP contribution in [-0.4, -0.2) is 33.1 Å². The van der Waals surface area contributed by atoms with Crippen LogP contribution in [0.4, 0.5) is 0 Å². The predicted molar refractivity (Wildman–Crippen MR) is 315 cm³/mol. The Labute approximate surface area is 473 Å². The number of furan rings is 1. The van der Waals surface area contributed by atoms with E-state index < -0.39 is 0 Å². The molecule has 0 atom stereocenters. The van der Waals surface area contributed by atoms with Gasteiger partial charge in [0.2, 0.25) is 12.1 Å². The van der Waals surface area contributed by atoms with Crippen LogP contribution in [0.25, 0.3) is 122 Å². The number of benzene rings is 10. The molecule has 0 aliphatic carbocycles. The van der Waals surface area contributed by atoms with Crippen molar-refractivity contribution < 1.29 is 29.1 Å². The number of pyridine rings is 1. The molecule has 0 fully saturated rings. The molecule has 0 aliphatic rings. The number of imidazole rings is 4. The van der Waals surface area contributed by atoms with Crippen LogP contribution in [0, 0.1) is 24.5 Å². The molecule has 0 spiro atoms. The maximum atomic E-state index is 6.55. The first-order valence-electron chi connectivity index (χ1n) is 26.3. The molecule has 0 saturated carbocycles. The standard InChI is InChI=1S/C41H28N6.C29H17N2O.Ir/c1-44-28-45(32-14-4-2-5-15-32)27-34(44)24-29-21-22-38-39(25-29)47-40-35(30-12-10-13-31(26-30)36-19-8-9-23-42-36)18-11-20-37(40)43-41(47)46(38)33-16-6-3-7-17-33;1-2-10-20(11-3-1)31-26-16-7-6-15-25(26)30-29(31)24-14-8-13-22-23-18-17-19-9-4-5-12-21(19)27(23)32-28(22)24;/h2-12,14,16-23,25-27H,24H2,1H3;1-13,15-18H;/q-2;-1;. The molecule has 0 N–H and O–H groups in total. The molecule has 1 radical (unpaired) electrons. The fourth-order valence-corrected chi connectivity index (χ4v) is 11.2. The Bertz CT molecular complexity index is 4940. The summed E-state index contributed by atoms with van der Waals surface area (Å²) in [5.41, 5.74) is 18.3. The van der Waals surface area contributed by atoms with Gasteiger partial charge in [0.15, 0.2) is 0 Å². The summed E-state index contributed by atoms with van der Waals surface area (Å²) in [7, 11) is 2.05. The van der Waals surface area contributed by atoms with E-state index in [0.717, 1.165) is 129 Å². The summed E-state index contributed by atoms with van der Waals surface area (Å²) < 4.78 is 17.4. The Balaban J connectivity index is 0.000000152. The summed E-state index contributed by atoms with van der Waals surface area (Å²) in [6.07, 6.45) is 8.12. The van der Waals surface area contributed by atoms with Gasteiger partial charge in [-0.05, 0) is 89.3 Å². The zero-order valence-electron chi connectivity index (χ0n) is 43.1. The van der Waals surface area contributed by atoms with Gasteiger partial charge >= 0.3 is 0 Å². The van der Waals surface area contributed by atoms with Crippen LogP contribution in [0.5, 0.6) is 0 Å². The molecular weight excluding hydrogens is 1160 g/mol. The second-order valence-electron chi connectivity index (χ2n) is 19.7. The minimum Gasteiger partial charge on any atom is -0.500 e. The molecule has 10 heteroatoms. The van der Waals surface area contributed by atoms with Crippen molar-refractivity contribution in [2.24, 2.45) is 7.05 Å². The quantitative estimate of drug-likeness (QED) is 0.112. The van der Waals surface area contributed by atoms with Crippen LogP contribution in [0.1, 0.15) is 11.3 Å². The zero-order chi connectivity index (χ0) is 52.4. The summed E-state index contributed by atoms with van der Waals surface area (Å²) in [4.78, 5) is 14.8. The normalized spacial score (nSPS) is 11.5. The number of hydrogen-bond donors (Lipinski definition) is 0. The van der Waals surface area contributed by atoms with Gasteiger partial charge < -0.3 is 23.1 Å². The Hall–Kier alpha value is -9.99. The molecule has 383 valence electrons. The molecule has 16 rings (SSSR count). The summed E-state index contributed by atoms with van der Waals surface area (Å²) in [5, 5.41) is 4.47. The van der Waals surface area contributed by atoms with Gasteiger partial charge in [-0.1, -0.05) is 137 Å². The molecule has 16 aromatic rings. The van der Waals surface area contributed by atoms with Gasteiger partial charge in [-0.2, -0.15) is 30.3 Å². The third kappa shape index (κ3) is 8.28. The van der Waals surface area contributed by atoms with Crippen LogP contribution in [0.3, 0.4) is 0 Å². The third-order valence-corrected chi connectivity index (χ3v) is 14.9. The van der Waals surface area contributed by atoms with E-state index in [4.69, 9.17) is 14.4 Å². The zero-order valence-corrected chi connectivity index (χ0v) is 45.5. The average molecular weight is 1210 g/mol. The first kappa shape index (κ1) is 48.4. The fraction of sp³-hybridized carbons (Fsp3) is 0.0286. The predicted octanol–water partition coefficient (Wildman–Crippen LogP) is 15.3. The van der Waals surface area contributed by atoms with E-state index in [1.54, 1.807) is 0 Å². The number of fused-ring (bicyclic) bond motifs is 11. The number of aromatic nitrogens is 8. The maximum Gasteiger partial charge on any atom is 0.241 e. The summed E-state index contributed by atoms with van der Waals surface area (Å²) in [5.74, 6) is 1.70. The monoisotopic (exact) mass is 1210 g/mol. The van der Waals surface area contributed by atoms with Crippen molar-refractivity contribution >= 4 is 71.6 Å². The number of para-hydroxylation sites is 6. The van der Waals surface area contributed by atoms with Crippen LogP contribution >= 0.6 is 0 Å². The van der Waals surface area contributed by atoms with Gasteiger partial charge in [-0.25, -0.2) is 4.98 Å². The fourth-order valence-electron chi connectivity index (χ4n) is 11.2. The molecule has 10 aromatic carbocycles. The average Bonchev–Trinajstić information content (AvgIpc) is 4.38. The summed E-state index contributed by atoms with van der Waals surface area (Å²) in [6.45, 7) is 0. The van der Waals surface area contributed by atoms with Crippen molar-refractivity contribution in [3.8, 4) is 50.8 Å². The van der Waals surface area contributed by atoms with Gasteiger partial charge in [0, 0.05) is 60.3 Å². The maximum absolute atomic E-state index is 6.55. The molecule has 0 bridgehead atoms. The van der Waals surface area contributed by atoms with Crippen molar-refractivity contribution in [2.75, 3.05) is 0 Å². The number of aryl methyl sites for hydroxylation is 1.